The molecule has 0 saturated carbocycles. The molecule has 0 radical (unpaired) electrons. The number of rotatable bonds is 7. The number of nitrogens with one attached hydrogen (secondary N) is 1. The SMILES string of the molecule is COc1ccc2cc(CCC(=O)N(C)CCc3ccncc3)c(=O)[nH]c2c1. The van der Waals surface area contributed by atoms with E-state index in [2.05, 4.69) is 9.97 Å². The van der Waals surface area contributed by atoms with Crippen LogP contribution in [0, 0.1) is 0 Å². The van der Waals surface area contributed by atoms with Crippen molar-refractivity contribution in [2.75, 3.05) is 20.7 Å². The highest BCUT2D eigenvalue weighted by atomic mass is 16.5. The Morgan fingerprint density at radius 2 is 1.93 bits per heavy atom. The Morgan fingerprint density at radius 3 is 2.67 bits per heavy atom. The molecular formula is C21H23N3O3. The lowest BCUT2D eigenvalue weighted by molar-refractivity contribution is -0.129. The Bertz CT molecular complexity index is 983. The summed E-state index contributed by atoms with van der Waals surface area (Å²) in [5.74, 6) is 0.718. The van der Waals surface area contributed by atoms with Gasteiger partial charge in [-0.1, -0.05) is 0 Å². The first kappa shape index (κ1) is 18.6. The number of methoxy groups -OCH3 is 1. The minimum absolute atomic E-state index is 0.0262. The van der Waals surface area contributed by atoms with Gasteiger partial charge in [0.05, 0.1) is 12.6 Å². The Kier molecular flexibility index (Phi) is 5.86. The molecule has 0 unspecified atom stereocenters. The predicted octanol–water partition coefficient (Wildman–Crippen LogP) is 2.57. The molecule has 27 heavy (non-hydrogen) atoms. The lowest BCUT2D eigenvalue weighted by Gasteiger charge is -2.17. The van der Waals surface area contributed by atoms with Crippen LogP contribution in [0.1, 0.15) is 17.5 Å². The van der Waals surface area contributed by atoms with E-state index < -0.39 is 0 Å². The quantitative estimate of drug-likeness (QED) is 0.698. The fraction of sp³-hybridized carbons (Fsp3) is 0.286. The number of pyridine rings is 2. The molecule has 3 aromatic rings. The van der Waals surface area contributed by atoms with Crippen LogP contribution in [0.5, 0.6) is 5.75 Å². The molecule has 0 spiro atoms. The minimum Gasteiger partial charge on any atom is -0.497 e. The van der Waals surface area contributed by atoms with Crippen molar-refractivity contribution in [2.24, 2.45) is 0 Å². The summed E-state index contributed by atoms with van der Waals surface area (Å²) < 4.78 is 5.18. The summed E-state index contributed by atoms with van der Waals surface area (Å²) in [6.07, 6.45) is 4.99. The van der Waals surface area contributed by atoms with Crippen molar-refractivity contribution in [2.45, 2.75) is 19.3 Å². The number of amides is 1. The molecule has 0 aliphatic heterocycles. The third-order valence-corrected chi connectivity index (χ3v) is 4.65. The summed E-state index contributed by atoms with van der Waals surface area (Å²) in [4.78, 5) is 33.2. The lowest BCUT2D eigenvalue weighted by Crippen LogP contribution is -2.29. The molecule has 0 aliphatic carbocycles. The number of H-pyrrole nitrogens is 1. The largest absolute Gasteiger partial charge is 0.497 e. The molecule has 0 bridgehead atoms. The van der Waals surface area contributed by atoms with E-state index in [4.69, 9.17) is 4.74 Å². The number of ether oxygens (including phenoxy) is 1. The van der Waals surface area contributed by atoms with Crippen LogP contribution in [0.15, 0.2) is 53.6 Å². The van der Waals surface area contributed by atoms with Gasteiger partial charge in [0, 0.05) is 44.0 Å². The van der Waals surface area contributed by atoms with Gasteiger partial charge < -0.3 is 14.6 Å². The normalized spacial score (nSPS) is 10.7. The second kappa shape index (κ2) is 8.49. The van der Waals surface area contributed by atoms with Crippen molar-refractivity contribution in [3.63, 3.8) is 0 Å². The second-order valence-electron chi connectivity index (χ2n) is 6.50. The summed E-state index contributed by atoms with van der Waals surface area (Å²) in [6.45, 7) is 0.636. The molecule has 2 heterocycles. The fourth-order valence-electron chi connectivity index (χ4n) is 2.94. The minimum atomic E-state index is -0.164. The number of fused-ring (bicyclic) bond motifs is 1. The molecule has 0 aliphatic rings. The lowest BCUT2D eigenvalue weighted by atomic mass is 10.1. The molecule has 0 saturated heterocycles. The van der Waals surface area contributed by atoms with E-state index in [9.17, 15) is 9.59 Å². The Hall–Kier alpha value is -3.15. The van der Waals surface area contributed by atoms with Gasteiger partial charge in [0.2, 0.25) is 5.91 Å². The zero-order chi connectivity index (χ0) is 19.2. The van der Waals surface area contributed by atoms with Gasteiger partial charge in [0.15, 0.2) is 0 Å². The predicted molar refractivity (Wildman–Crippen MR) is 105 cm³/mol. The number of nitrogens with zero attached hydrogens (tertiary/aromatic N) is 2. The Balaban J connectivity index is 1.61. The topological polar surface area (TPSA) is 75.3 Å². The Morgan fingerprint density at radius 1 is 1.15 bits per heavy atom. The number of aromatic nitrogens is 2. The number of likely N-dealkylation sites (N-methyl/N-ethyl adjacent to an activating group) is 1. The molecule has 6 heteroatoms. The first-order valence-corrected chi connectivity index (χ1v) is 8.89. The Labute approximate surface area is 157 Å². The van der Waals surface area contributed by atoms with Gasteiger partial charge in [-0.05, 0) is 54.1 Å². The summed E-state index contributed by atoms with van der Waals surface area (Å²) in [6, 6.07) is 11.3. The summed E-state index contributed by atoms with van der Waals surface area (Å²) in [7, 11) is 3.38. The molecule has 0 fully saturated rings. The highest BCUT2D eigenvalue weighted by Crippen LogP contribution is 2.18. The summed E-state index contributed by atoms with van der Waals surface area (Å²) >= 11 is 0. The van der Waals surface area contributed by atoms with Crippen molar-refractivity contribution >= 4 is 16.8 Å². The van der Waals surface area contributed by atoms with E-state index in [-0.39, 0.29) is 11.5 Å². The first-order chi connectivity index (χ1) is 13.1. The van der Waals surface area contributed by atoms with Crippen molar-refractivity contribution < 1.29 is 9.53 Å². The first-order valence-electron chi connectivity index (χ1n) is 8.89. The van der Waals surface area contributed by atoms with Gasteiger partial charge in [-0.15, -0.1) is 0 Å². The number of carbonyl (C=O) groups excluding carboxylic acids is 1. The van der Waals surface area contributed by atoms with Crippen LogP contribution in [0.2, 0.25) is 0 Å². The molecule has 2 aromatic heterocycles. The molecular weight excluding hydrogens is 342 g/mol. The van der Waals surface area contributed by atoms with E-state index in [0.717, 1.165) is 22.9 Å². The second-order valence-corrected chi connectivity index (χ2v) is 6.50. The van der Waals surface area contributed by atoms with E-state index in [1.165, 1.54) is 0 Å². The van der Waals surface area contributed by atoms with E-state index in [1.54, 1.807) is 37.5 Å². The van der Waals surface area contributed by atoms with Gasteiger partial charge in [-0.25, -0.2) is 0 Å². The van der Waals surface area contributed by atoms with Crippen LogP contribution in [0.3, 0.4) is 0 Å². The van der Waals surface area contributed by atoms with Crippen LogP contribution in [-0.2, 0) is 17.6 Å². The van der Waals surface area contributed by atoms with Crippen LogP contribution in [0.4, 0.5) is 0 Å². The maximum atomic E-state index is 12.4. The van der Waals surface area contributed by atoms with Gasteiger partial charge in [-0.2, -0.15) is 0 Å². The molecule has 6 nitrogen and oxygen atoms in total. The van der Waals surface area contributed by atoms with Crippen LogP contribution in [0.25, 0.3) is 10.9 Å². The maximum Gasteiger partial charge on any atom is 0.251 e. The van der Waals surface area contributed by atoms with Crippen LogP contribution in [-0.4, -0.2) is 41.5 Å². The number of aromatic amines is 1. The number of carbonyl (C=O) groups is 1. The van der Waals surface area contributed by atoms with Gasteiger partial charge in [-0.3, -0.25) is 14.6 Å². The number of benzene rings is 1. The average molecular weight is 365 g/mol. The highest BCUT2D eigenvalue weighted by molar-refractivity contribution is 5.81. The fourth-order valence-corrected chi connectivity index (χ4v) is 2.94. The molecule has 140 valence electrons. The van der Waals surface area contributed by atoms with Gasteiger partial charge in [0.1, 0.15) is 5.75 Å². The maximum absolute atomic E-state index is 12.4. The van der Waals surface area contributed by atoms with Crippen LogP contribution >= 0.6 is 0 Å². The van der Waals surface area contributed by atoms with E-state index in [1.807, 2.05) is 30.3 Å². The van der Waals surface area contributed by atoms with Crippen molar-refractivity contribution in [1.82, 2.24) is 14.9 Å². The third-order valence-electron chi connectivity index (χ3n) is 4.65. The van der Waals surface area contributed by atoms with Crippen LogP contribution < -0.4 is 10.3 Å². The molecule has 3 rings (SSSR count). The number of aryl methyl sites for hydroxylation is 1. The van der Waals surface area contributed by atoms with Gasteiger partial charge in [0.25, 0.3) is 5.56 Å². The standard InChI is InChI=1S/C21H23N3O3/c1-24(12-9-15-7-10-22-11-8-15)20(25)6-4-17-13-16-3-5-18(27-2)14-19(16)23-21(17)26/h3,5,7-8,10-11,13-14H,4,6,9,12H2,1-2H3,(H,23,26). The van der Waals surface area contributed by atoms with Crippen molar-refractivity contribution in [3.8, 4) is 5.75 Å². The zero-order valence-corrected chi connectivity index (χ0v) is 15.6. The number of hydrogen-bond donors (Lipinski definition) is 1. The molecule has 1 amide bonds. The smallest absolute Gasteiger partial charge is 0.251 e. The van der Waals surface area contributed by atoms with Crippen molar-refractivity contribution in [3.05, 3.63) is 70.3 Å². The molecule has 0 atom stereocenters. The average Bonchev–Trinajstić information content (AvgIpc) is 2.70. The van der Waals surface area contributed by atoms with Crippen molar-refractivity contribution in [1.29, 1.82) is 0 Å². The molecule has 1 N–H and O–H groups in total. The monoisotopic (exact) mass is 365 g/mol. The zero-order valence-electron chi connectivity index (χ0n) is 15.6. The number of hydrogen-bond acceptors (Lipinski definition) is 4. The van der Waals surface area contributed by atoms with Gasteiger partial charge >= 0.3 is 0 Å². The summed E-state index contributed by atoms with van der Waals surface area (Å²) in [5.41, 5.74) is 2.32. The van der Waals surface area contributed by atoms with E-state index >= 15 is 0 Å². The highest BCUT2D eigenvalue weighted by Gasteiger charge is 2.11. The summed E-state index contributed by atoms with van der Waals surface area (Å²) in [5, 5.41) is 0.920. The third kappa shape index (κ3) is 4.73. The molecule has 1 aromatic carbocycles. The van der Waals surface area contributed by atoms with E-state index in [0.29, 0.717) is 30.7 Å².